The van der Waals surface area contributed by atoms with Crippen molar-refractivity contribution in [2.45, 2.75) is 59.6 Å². The molecule has 0 atom stereocenters. The topological polar surface area (TPSA) is 20.3 Å². The minimum atomic E-state index is -5.46. The normalized spacial score (nSPS) is 14.5. The fraction of sp³-hybridized carbons (Fsp3) is 0.923. The van der Waals surface area contributed by atoms with Crippen LogP contribution in [0, 0.1) is 10.8 Å². The molecule has 0 amide bonds. The van der Waals surface area contributed by atoms with E-state index < -0.39 is 40.1 Å². The molecule has 0 heterocycles. The molecule has 0 saturated carbocycles. The predicted octanol–water partition coefficient (Wildman–Crippen LogP) is 5.32. The lowest BCUT2D eigenvalue weighted by Crippen LogP contribution is -2.48. The molecule has 0 aromatic carbocycles. The molecule has 0 spiro atoms. The molecule has 0 radical (unpaired) electrons. The molecule has 0 saturated heterocycles. The molecular weight excluding hydrogens is 336 g/mol. The van der Waals surface area contributed by atoms with Gasteiger partial charge in [-0.3, -0.25) is 4.79 Å². The Morgan fingerprint density at radius 3 is 1.68 bits per heavy atom. The number of nitrogens with zero attached hydrogens (tertiary/aromatic N) is 1. The molecule has 0 aliphatic rings. The maximum absolute atomic E-state index is 12.4. The van der Waals surface area contributed by atoms with Crippen LogP contribution in [0.3, 0.4) is 0 Å². The third-order valence-electron chi connectivity index (χ3n) is 3.30. The van der Waals surface area contributed by atoms with Gasteiger partial charge in [0, 0.05) is 12.0 Å². The fourth-order valence-electron chi connectivity index (χ4n) is 2.47. The standard InChI is InChI=1S/C13H20ClF6NO/c1-10(2,8-11(3,4)9(14)22)6-5-7-21(12(15,16)17)13(18,19)20/h5-8H2,1-4H3. The molecule has 0 N–H and O–H groups in total. The van der Waals surface area contributed by atoms with Crippen molar-refractivity contribution in [1.29, 1.82) is 0 Å². The summed E-state index contributed by atoms with van der Waals surface area (Å²) in [6, 6.07) is 0. The summed E-state index contributed by atoms with van der Waals surface area (Å²) in [5, 5.41) is -0.590. The van der Waals surface area contributed by atoms with Crippen molar-refractivity contribution < 1.29 is 31.1 Å². The van der Waals surface area contributed by atoms with Crippen LogP contribution in [-0.2, 0) is 4.79 Å². The van der Waals surface area contributed by atoms with E-state index in [9.17, 15) is 31.1 Å². The van der Waals surface area contributed by atoms with E-state index in [0.717, 1.165) is 0 Å². The van der Waals surface area contributed by atoms with Crippen LogP contribution in [0.2, 0.25) is 0 Å². The largest absolute Gasteiger partial charge is 0.467 e. The summed E-state index contributed by atoms with van der Waals surface area (Å²) < 4.78 is 74.1. The van der Waals surface area contributed by atoms with Crippen LogP contribution in [0.5, 0.6) is 0 Å². The Morgan fingerprint density at radius 2 is 1.36 bits per heavy atom. The summed E-state index contributed by atoms with van der Waals surface area (Å²) in [4.78, 5) is 9.81. The third kappa shape index (κ3) is 7.17. The van der Waals surface area contributed by atoms with Crippen molar-refractivity contribution >= 4 is 16.8 Å². The second kappa shape index (κ2) is 6.95. The average molecular weight is 356 g/mol. The molecule has 0 aliphatic heterocycles. The van der Waals surface area contributed by atoms with Gasteiger partial charge in [0.2, 0.25) is 5.24 Å². The number of alkyl halides is 6. The first kappa shape index (κ1) is 21.5. The van der Waals surface area contributed by atoms with Gasteiger partial charge in [-0.1, -0.05) is 27.7 Å². The minimum Gasteiger partial charge on any atom is -0.281 e. The number of halogens is 7. The molecule has 0 aromatic heterocycles. The second-order valence-corrected chi connectivity index (χ2v) is 7.03. The first-order valence-electron chi connectivity index (χ1n) is 6.60. The molecule has 0 unspecified atom stereocenters. The first-order valence-corrected chi connectivity index (χ1v) is 6.98. The zero-order valence-corrected chi connectivity index (χ0v) is 13.6. The molecule has 9 heteroatoms. The monoisotopic (exact) mass is 355 g/mol. The van der Waals surface area contributed by atoms with E-state index in [-0.39, 0.29) is 19.3 Å². The SMILES string of the molecule is CC(C)(CCCN(C(F)(F)F)C(F)(F)F)CC(C)(C)C(=O)Cl. The van der Waals surface area contributed by atoms with Gasteiger partial charge in [-0.2, -0.15) is 26.3 Å². The van der Waals surface area contributed by atoms with Gasteiger partial charge in [-0.05, 0) is 36.3 Å². The number of carbonyl (C=O) groups is 1. The smallest absolute Gasteiger partial charge is 0.281 e. The summed E-state index contributed by atoms with van der Waals surface area (Å²) >= 11 is 5.44. The fourth-order valence-corrected chi connectivity index (χ4v) is 2.53. The Morgan fingerprint density at radius 1 is 0.955 bits per heavy atom. The van der Waals surface area contributed by atoms with Crippen LogP contribution < -0.4 is 0 Å². The van der Waals surface area contributed by atoms with Gasteiger partial charge >= 0.3 is 12.6 Å². The van der Waals surface area contributed by atoms with Gasteiger partial charge < -0.3 is 0 Å². The van der Waals surface area contributed by atoms with E-state index in [2.05, 4.69) is 0 Å². The van der Waals surface area contributed by atoms with Crippen molar-refractivity contribution in [3.63, 3.8) is 0 Å². The highest BCUT2D eigenvalue weighted by Gasteiger charge is 2.53. The van der Waals surface area contributed by atoms with Crippen molar-refractivity contribution in [3.05, 3.63) is 0 Å². The van der Waals surface area contributed by atoms with E-state index in [1.54, 1.807) is 27.7 Å². The summed E-state index contributed by atoms with van der Waals surface area (Å²) in [5.74, 6) is 0. The summed E-state index contributed by atoms with van der Waals surface area (Å²) in [7, 11) is 0. The van der Waals surface area contributed by atoms with Gasteiger partial charge in [0.15, 0.2) is 0 Å². The lowest BCUT2D eigenvalue weighted by atomic mass is 9.73. The lowest BCUT2D eigenvalue weighted by Gasteiger charge is -2.33. The van der Waals surface area contributed by atoms with Crippen LogP contribution in [0.25, 0.3) is 0 Å². The maximum atomic E-state index is 12.4. The Kier molecular flexibility index (Phi) is 6.79. The molecule has 2 nitrogen and oxygen atoms in total. The number of carbonyl (C=O) groups excluding carboxylic acids is 1. The Hall–Kier alpha value is -0.500. The zero-order chi connectivity index (χ0) is 18.0. The zero-order valence-electron chi connectivity index (χ0n) is 12.8. The highest BCUT2D eigenvalue weighted by atomic mass is 35.5. The van der Waals surface area contributed by atoms with E-state index in [0.29, 0.717) is 0 Å². The van der Waals surface area contributed by atoms with Gasteiger partial charge in [-0.15, -0.1) is 4.90 Å². The molecule has 0 aliphatic carbocycles. The molecule has 132 valence electrons. The molecule has 0 rings (SSSR count). The van der Waals surface area contributed by atoms with Crippen LogP contribution in [0.1, 0.15) is 47.0 Å². The number of rotatable bonds is 7. The first-order chi connectivity index (χ1) is 9.49. The van der Waals surface area contributed by atoms with Gasteiger partial charge in [0.25, 0.3) is 0 Å². The Bertz CT molecular complexity index is 375. The summed E-state index contributed by atoms with van der Waals surface area (Å²) in [6.45, 7) is 5.36. The Labute approximate surface area is 130 Å². The van der Waals surface area contributed by atoms with Crippen molar-refractivity contribution in [2.24, 2.45) is 10.8 Å². The van der Waals surface area contributed by atoms with E-state index in [1.807, 2.05) is 0 Å². The lowest BCUT2D eigenvalue weighted by molar-refractivity contribution is -0.373. The minimum absolute atomic E-state index is 0.100. The predicted molar refractivity (Wildman–Crippen MR) is 71.1 cm³/mol. The van der Waals surface area contributed by atoms with Crippen LogP contribution in [0.4, 0.5) is 26.3 Å². The molecule has 0 bridgehead atoms. The maximum Gasteiger partial charge on any atom is 0.467 e. The van der Waals surface area contributed by atoms with Crippen LogP contribution in [-0.4, -0.2) is 29.3 Å². The van der Waals surface area contributed by atoms with Crippen LogP contribution >= 0.6 is 11.6 Å². The Balaban J connectivity index is 4.70. The van der Waals surface area contributed by atoms with E-state index in [4.69, 9.17) is 11.6 Å². The molecule has 0 fully saturated rings. The highest BCUT2D eigenvalue weighted by Crippen LogP contribution is 2.39. The molecule has 0 aromatic rings. The highest BCUT2D eigenvalue weighted by molar-refractivity contribution is 6.64. The van der Waals surface area contributed by atoms with E-state index in [1.165, 1.54) is 0 Å². The van der Waals surface area contributed by atoms with Crippen molar-refractivity contribution in [3.8, 4) is 0 Å². The van der Waals surface area contributed by atoms with Crippen LogP contribution in [0.15, 0.2) is 0 Å². The second-order valence-electron chi connectivity index (χ2n) is 6.69. The van der Waals surface area contributed by atoms with Gasteiger partial charge in [0.1, 0.15) is 0 Å². The van der Waals surface area contributed by atoms with Crippen molar-refractivity contribution in [1.82, 2.24) is 4.90 Å². The summed E-state index contributed by atoms with van der Waals surface area (Å²) in [5.41, 5.74) is -1.50. The summed E-state index contributed by atoms with van der Waals surface area (Å²) in [6.07, 6.45) is -10.9. The average Bonchev–Trinajstić information content (AvgIpc) is 2.18. The molecule has 22 heavy (non-hydrogen) atoms. The third-order valence-corrected chi connectivity index (χ3v) is 3.81. The van der Waals surface area contributed by atoms with Gasteiger partial charge in [0.05, 0.1) is 0 Å². The van der Waals surface area contributed by atoms with E-state index >= 15 is 0 Å². The van der Waals surface area contributed by atoms with Crippen molar-refractivity contribution in [2.75, 3.05) is 6.54 Å². The number of hydrogen-bond acceptors (Lipinski definition) is 2. The number of hydrogen-bond donors (Lipinski definition) is 0. The molecular formula is C13H20ClF6NO. The van der Waals surface area contributed by atoms with Gasteiger partial charge in [-0.25, -0.2) is 0 Å². The quantitative estimate of drug-likeness (QED) is 0.350.